The van der Waals surface area contributed by atoms with E-state index >= 15 is 0 Å². The van der Waals surface area contributed by atoms with E-state index in [1.54, 1.807) is 6.92 Å². The van der Waals surface area contributed by atoms with Crippen molar-refractivity contribution in [3.8, 4) is 0 Å². The molecule has 0 heterocycles. The zero-order valence-corrected chi connectivity index (χ0v) is 23.8. The minimum absolute atomic E-state index is 0.327. The first-order valence-corrected chi connectivity index (χ1v) is 15.8. The van der Waals surface area contributed by atoms with E-state index in [-0.39, 0.29) is 5.97 Å². The molecular weight excluding hydrogens is 448 g/mol. The highest BCUT2D eigenvalue weighted by Gasteiger charge is 2.40. The van der Waals surface area contributed by atoms with Gasteiger partial charge in [0.05, 0.1) is 6.61 Å². The number of esters is 1. The van der Waals surface area contributed by atoms with Crippen molar-refractivity contribution in [2.75, 3.05) is 46.2 Å². The van der Waals surface area contributed by atoms with Crippen LogP contribution >= 0.6 is 0 Å². The third-order valence-electron chi connectivity index (χ3n) is 3.95. The van der Waals surface area contributed by atoms with E-state index in [9.17, 15) is 4.79 Å². The first kappa shape index (κ1) is 33.6. The van der Waals surface area contributed by atoms with Crippen LogP contribution in [0.4, 0.5) is 0 Å². The summed E-state index contributed by atoms with van der Waals surface area (Å²) in [4.78, 5) is 11.2. The summed E-state index contributed by atoms with van der Waals surface area (Å²) < 4.78 is 39.1. The van der Waals surface area contributed by atoms with Crippen molar-refractivity contribution < 1.29 is 36.1 Å². The number of carbonyl (C=O) groups excluding carboxylic acids is 1. The SMILES string of the molecule is C=C(C)C(=O)OCCC[Si](OCC)(OCC)OCC.CCC[Si](OCC)(OCC)OCC. The lowest BCUT2D eigenvalue weighted by Gasteiger charge is -2.28. The van der Waals surface area contributed by atoms with Crippen LogP contribution < -0.4 is 0 Å². The Morgan fingerprint density at radius 3 is 1.28 bits per heavy atom. The van der Waals surface area contributed by atoms with Gasteiger partial charge in [-0.3, -0.25) is 0 Å². The van der Waals surface area contributed by atoms with Crippen LogP contribution in [-0.4, -0.2) is 69.8 Å². The Kier molecular flexibility index (Phi) is 22.0. The number of ether oxygens (including phenoxy) is 1. The van der Waals surface area contributed by atoms with Gasteiger partial charge >= 0.3 is 23.6 Å². The van der Waals surface area contributed by atoms with Crippen molar-refractivity contribution in [3.63, 3.8) is 0 Å². The van der Waals surface area contributed by atoms with Crippen LogP contribution in [0.3, 0.4) is 0 Å². The van der Waals surface area contributed by atoms with E-state index in [0.717, 1.165) is 12.5 Å². The highest BCUT2D eigenvalue weighted by molar-refractivity contribution is 6.61. The lowest BCUT2D eigenvalue weighted by Crippen LogP contribution is -2.46. The molecule has 0 aliphatic carbocycles. The summed E-state index contributed by atoms with van der Waals surface area (Å²) in [6.45, 7) is 23.0. The third kappa shape index (κ3) is 15.3. The Labute approximate surface area is 198 Å². The summed E-state index contributed by atoms with van der Waals surface area (Å²) in [7, 11) is -4.90. The van der Waals surface area contributed by atoms with E-state index in [0.29, 0.717) is 64.3 Å². The molecule has 0 aliphatic heterocycles. The smallest absolute Gasteiger partial charge is 0.462 e. The third-order valence-corrected chi connectivity index (χ3v) is 10.4. The van der Waals surface area contributed by atoms with Gasteiger partial charge in [-0.2, -0.15) is 0 Å². The molecule has 0 radical (unpaired) electrons. The maximum atomic E-state index is 11.2. The predicted molar refractivity (Wildman–Crippen MR) is 132 cm³/mol. The molecule has 0 rings (SSSR count). The Bertz CT molecular complexity index is 430. The number of hydrogen-bond donors (Lipinski definition) is 0. The van der Waals surface area contributed by atoms with Gasteiger partial charge in [-0.05, 0) is 54.9 Å². The molecular formula is C22H48O8Si2. The Balaban J connectivity index is 0. The van der Waals surface area contributed by atoms with Crippen molar-refractivity contribution in [2.24, 2.45) is 0 Å². The van der Waals surface area contributed by atoms with Gasteiger partial charge in [-0.15, -0.1) is 0 Å². The van der Waals surface area contributed by atoms with Crippen LogP contribution in [0.1, 0.15) is 68.2 Å². The average molecular weight is 497 g/mol. The first-order valence-electron chi connectivity index (χ1n) is 11.9. The van der Waals surface area contributed by atoms with E-state index in [1.807, 2.05) is 41.5 Å². The number of hydrogen-bond acceptors (Lipinski definition) is 8. The van der Waals surface area contributed by atoms with Gasteiger partial charge in [0.25, 0.3) is 0 Å². The molecule has 192 valence electrons. The topological polar surface area (TPSA) is 81.7 Å². The molecule has 0 bridgehead atoms. The fourth-order valence-electron chi connectivity index (χ4n) is 2.89. The van der Waals surface area contributed by atoms with Gasteiger partial charge in [0.15, 0.2) is 0 Å². The normalized spacial score (nSPS) is 11.6. The monoisotopic (exact) mass is 496 g/mol. The molecule has 0 atom stereocenters. The van der Waals surface area contributed by atoms with Gasteiger partial charge in [-0.25, -0.2) is 4.79 Å². The zero-order chi connectivity index (χ0) is 24.9. The zero-order valence-electron chi connectivity index (χ0n) is 21.8. The lowest BCUT2D eigenvalue weighted by molar-refractivity contribution is -0.139. The maximum absolute atomic E-state index is 11.2. The summed E-state index contributed by atoms with van der Waals surface area (Å²) in [5, 5.41) is 0. The molecule has 0 amide bonds. The Hall–Kier alpha value is -0.596. The average Bonchev–Trinajstić information content (AvgIpc) is 2.73. The second-order valence-corrected chi connectivity index (χ2v) is 12.2. The second kappa shape index (κ2) is 21.0. The van der Waals surface area contributed by atoms with Crippen LogP contribution in [-0.2, 0) is 36.1 Å². The summed E-state index contributed by atoms with van der Waals surface area (Å²) >= 11 is 0. The first-order chi connectivity index (χ1) is 15.3. The van der Waals surface area contributed by atoms with Crippen molar-refractivity contribution in [1.29, 1.82) is 0 Å². The minimum atomic E-state index is -2.61. The van der Waals surface area contributed by atoms with Crippen LogP contribution in [0.5, 0.6) is 0 Å². The summed E-state index contributed by atoms with van der Waals surface area (Å²) in [5.41, 5.74) is 0.405. The number of carbonyl (C=O) groups is 1. The summed E-state index contributed by atoms with van der Waals surface area (Å²) in [6.07, 6.45) is 1.71. The molecule has 32 heavy (non-hydrogen) atoms. The van der Waals surface area contributed by atoms with E-state index < -0.39 is 17.6 Å². The van der Waals surface area contributed by atoms with Gasteiger partial charge < -0.3 is 31.3 Å². The molecule has 0 aromatic rings. The van der Waals surface area contributed by atoms with Crippen LogP contribution in [0.25, 0.3) is 0 Å². The molecule has 0 unspecified atom stereocenters. The standard InChI is InChI=1S/C13H26O5Si.C9H22O3Si/c1-6-16-19(17-7-2,18-8-3)11-9-10-15-13(14)12(4)5;1-5-9-13(10-6-2,11-7-3)12-8-4/h4,6-11H2,1-3,5H3;5-9H2,1-4H3. The van der Waals surface area contributed by atoms with E-state index in [4.69, 9.17) is 31.3 Å². The molecule has 10 heteroatoms. The summed E-state index contributed by atoms with van der Waals surface area (Å²) in [5.74, 6) is -0.364. The van der Waals surface area contributed by atoms with Crippen molar-refractivity contribution >= 4 is 23.6 Å². The predicted octanol–water partition coefficient (Wildman–Crippen LogP) is 4.99. The minimum Gasteiger partial charge on any atom is -0.462 e. The largest absolute Gasteiger partial charge is 0.501 e. The molecule has 0 saturated heterocycles. The molecule has 0 spiro atoms. The molecule has 0 aromatic carbocycles. The Morgan fingerprint density at radius 2 is 1.00 bits per heavy atom. The second-order valence-electron chi connectivity index (χ2n) is 6.73. The molecule has 8 nitrogen and oxygen atoms in total. The molecule has 0 aliphatic rings. The Morgan fingerprint density at radius 1 is 0.656 bits per heavy atom. The fourth-order valence-corrected chi connectivity index (χ4v) is 8.08. The van der Waals surface area contributed by atoms with Gasteiger partial charge in [0.2, 0.25) is 0 Å². The van der Waals surface area contributed by atoms with E-state index in [1.165, 1.54) is 0 Å². The highest BCUT2D eigenvalue weighted by atomic mass is 28.4. The van der Waals surface area contributed by atoms with Gasteiger partial charge in [-0.1, -0.05) is 19.9 Å². The van der Waals surface area contributed by atoms with E-state index in [2.05, 4.69) is 13.5 Å². The number of rotatable bonds is 19. The van der Waals surface area contributed by atoms with Crippen LogP contribution in [0.2, 0.25) is 12.1 Å². The highest BCUT2D eigenvalue weighted by Crippen LogP contribution is 2.19. The van der Waals surface area contributed by atoms with Crippen LogP contribution in [0, 0.1) is 0 Å². The molecule has 0 N–H and O–H groups in total. The summed E-state index contributed by atoms with van der Waals surface area (Å²) in [6, 6.07) is 1.56. The van der Waals surface area contributed by atoms with Crippen LogP contribution in [0.15, 0.2) is 12.2 Å². The van der Waals surface area contributed by atoms with Crippen molar-refractivity contribution in [3.05, 3.63) is 12.2 Å². The maximum Gasteiger partial charge on any atom is 0.501 e. The molecule has 0 saturated carbocycles. The molecule has 0 fully saturated rings. The quantitative estimate of drug-likeness (QED) is 0.107. The fraction of sp³-hybridized carbons (Fsp3) is 0.864. The van der Waals surface area contributed by atoms with Gasteiger partial charge in [0, 0.05) is 57.3 Å². The lowest BCUT2D eigenvalue weighted by atomic mass is 10.4. The van der Waals surface area contributed by atoms with Gasteiger partial charge in [0.1, 0.15) is 0 Å². The molecule has 0 aromatic heterocycles. The van der Waals surface area contributed by atoms with Crippen molar-refractivity contribution in [1.82, 2.24) is 0 Å². The van der Waals surface area contributed by atoms with Crippen molar-refractivity contribution in [2.45, 2.75) is 80.3 Å².